The van der Waals surface area contributed by atoms with Crippen LogP contribution in [0.25, 0.3) is 12.2 Å². The summed E-state index contributed by atoms with van der Waals surface area (Å²) in [6, 6.07) is 16.3. The van der Waals surface area contributed by atoms with Crippen LogP contribution in [0.5, 0.6) is 11.5 Å². The van der Waals surface area contributed by atoms with Crippen molar-refractivity contribution in [3.63, 3.8) is 0 Å². The van der Waals surface area contributed by atoms with Gasteiger partial charge in [-0.2, -0.15) is 0 Å². The molecule has 0 saturated carbocycles. The van der Waals surface area contributed by atoms with Crippen LogP contribution < -0.4 is 4.74 Å². The minimum Gasteiger partial charge on any atom is -0.449 e. The van der Waals surface area contributed by atoms with E-state index in [0.29, 0.717) is 0 Å². The lowest BCUT2D eigenvalue weighted by molar-refractivity contribution is 0.649. The Kier molecular flexibility index (Phi) is 1.82. The molecule has 1 aliphatic rings. The molecule has 0 N–H and O–H groups in total. The molecule has 3 rings (SSSR count). The van der Waals surface area contributed by atoms with E-state index in [9.17, 15) is 0 Å². The van der Waals surface area contributed by atoms with Crippen LogP contribution in [0.4, 0.5) is 0 Å². The van der Waals surface area contributed by atoms with Crippen molar-refractivity contribution in [1.29, 1.82) is 0 Å². The molecule has 2 aromatic rings. The van der Waals surface area contributed by atoms with E-state index in [2.05, 4.69) is 30.4 Å². The summed E-state index contributed by atoms with van der Waals surface area (Å²) >= 11 is 0. The quantitative estimate of drug-likeness (QED) is 0.444. The van der Waals surface area contributed by atoms with Gasteiger partial charge in [-0.25, -0.2) is 0 Å². The molecule has 2 aromatic carbocycles. The third-order valence-electron chi connectivity index (χ3n) is 2.43. The summed E-state index contributed by atoms with van der Waals surface area (Å²) < 4.78 is 5.31. The Morgan fingerprint density at radius 3 is 2.53 bits per heavy atom. The second-order valence-electron chi connectivity index (χ2n) is 3.52. The van der Waals surface area contributed by atoms with Crippen LogP contribution >= 0.6 is 0 Å². The molecule has 0 spiro atoms. The fourth-order valence-electron chi connectivity index (χ4n) is 1.59. The molecule has 1 heteroatoms. The lowest BCUT2D eigenvalue weighted by Crippen LogP contribution is -1.69. The van der Waals surface area contributed by atoms with Gasteiger partial charge >= 0.3 is 0 Å². The molecule has 1 nitrogen and oxygen atoms in total. The Morgan fingerprint density at radius 1 is 0.800 bits per heavy atom. The Hall–Kier alpha value is -2.02. The molecule has 0 radical (unpaired) electrons. The summed E-state index contributed by atoms with van der Waals surface area (Å²) in [5.74, 6) is 2.02. The average Bonchev–Trinajstić information content (AvgIpc) is 3.07. The SMILES string of the molecule is C(=C\c1cccc2c1O2)/c1ccccc1. The molecule has 0 bridgehead atoms. The normalized spacial score (nSPS) is 12.3. The van der Waals surface area contributed by atoms with E-state index in [-0.39, 0.29) is 0 Å². The van der Waals surface area contributed by atoms with Crippen molar-refractivity contribution < 1.29 is 4.74 Å². The van der Waals surface area contributed by atoms with Crippen LogP contribution in [0.15, 0.2) is 48.5 Å². The third kappa shape index (κ3) is 1.64. The second-order valence-corrected chi connectivity index (χ2v) is 3.52. The van der Waals surface area contributed by atoms with Gasteiger partial charge in [0.25, 0.3) is 0 Å². The maximum absolute atomic E-state index is 5.31. The Balaban J connectivity index is 1.88. The molecule has 1 heterocycles. The predicted molar refractivity (Wildman–Crippen MR) is 61.9 cm³/mol. The summed E-state index contributed by atoms with van der Waals surface area (Å²) in [7, 11) is 0. The van der Waals surface area contributed by atoms with Gasteiger partial charge in [0.2, 0.25) is 0 Å². The van der Waals surface area contributed by atoms with E-state index < -0.39 is 0 Å². The van der Waals surface area contributed by atoms with Crippen molar-refractivity contribution >= 4 is 12.2 Å². The minimum absolute atomic E-state index is 1.00. The molecule has 0 atom stereocenters. The van der Waals surface area contributed by atoms with Gasteiger partial charge in [-0.05, 0) is 11.6 Å². The lowest BCUT2D eigenvalue weighted by atomic mass is 10.1. The Bertz CT molecular complexity index is 512. The first-order valence-electron chi connectivity index (χ1n) is 4.97. The standard InChI is InChI=1S/C14H10O/c1-2-5-11(6-3-1)9-10-12-7-4-8-13-14(12)15-13/h1-10H/b10-9+. The molecule has 0 aromatic heterocycles. The third-order valence-corrected chi connectivity index (χ3v) is 2.43. The van der Waals surface area contributed by atoms with E-state index in [1.807, 2.05) is 30.3 Å². The molecular weight excluding hydrogens is 184 g/mol. The van der Waals surface area contributed by atoms with Gasteiger partial charge in [0.1, 0.15) is 0 Å². The van der Waals surface area contributed by atoms with E-state index in [1.165, 1.54) is 5.56 Å². The van der Waals surface area contributed by atoms with Gasteiger partial charge in [-0.15, -0.1) is 0 Å². The number of para-hydroxylation sites is 1. The number of hydrogen-bond donors (Lipinski definition) is 0. The summed E-state index contributed by atoms with van der Waals surface area (Å²) in [5.41, 5.74) is 2.35. The van der Waals surface area contributed by atoms with Crippen LogP contribution in [-0.4, -0.2) is 0 Å². The van der Waals surface area contributed by atoms with Gasteiger partial charge in [0.15, 0.2) is 11.5 Å². The predicted octanol–water partition coefficient (Wildman–Crippen LogP) is 3.96. The molecule has 0 fully saturated rings. The molecule has 0 saturated heterocycles. The van der Waals surface area contributed by atoms with Crippen molar-refractivity contribution in [2.24, 2.45) is 0 Å². The number of rotatable bonds is 2. The first kappa shape index (κ1) is 8.30. The fraction of sp³-hybridized carbons (Fsp3) is 0. The van der Waals surface area contributed by atoms with Crippen molar-refractivity contribution in [2.75, 3.05) is 0 Å². The summed E-state index contributed by atoms with van der Waals surface area (Å²) in [4.78, 5) is 0. The Morgan fingerprint density at radius 2 is 1.67 bits per heavy atom. The maximum Gasteiger partial charge on any atom is 0.177 e. The highest BCUT2D eigenvalue weighted by Crippen LogP contribution is 2.48. The number of fused-ring (bicyclic) bond motifs is 1. The first-order chi connectivity index (χ1) is 7.43. The number of hydrogen-bond acceptors (Lipinski definition) is 1. The highest BCUT2D eigenvalue weighted by molar-refractivity contribution is 5.77. The van der Waals surface area contributed by atoms with E-state index in [0.717, 1.165) is 17.1 Å². The monoisotopic (exact) mass is 194 g/mol. The fourth-order valence-corrected chi connectivity index (χ4v) is 1.59. The summed E-state index contributed by atoms with van der Waals surface area (Å²) in [5, 5.41) is 0. The topological polar surface area (TPSA) is 12.5 Å². The van der Waals surface area contributed by atoms with Gasteiger partial charge in [-0.1, -0.05) is 54.6 Å². The van der Waals surface area contributed by atoms with Crippen LogP contribution in [0.1, 0.15) is 11.1 Å². The lowest BCUT2D eigenvalue weighted by Gasteiger charge is -1.91. The van der Waals surface area contributed by atoms with Gasteiger partial charge < -0.3 is 4.74 Å². The van der Waals surface area contributed by atoms with Crippen molar-refractivity contribution in [2.45, 2.75) is 0 Å². The zero-order valence-electron chi connectivity index (χ0n) is 8.18. The molecular formula is C14H10O. The highest BCUT2D eigenvalue weighted by Gasteiger charge is 2.21. The molecule has 0 aliphatic carbocycles. The molecule has 72 valence electrons. The van der Waals surface area contributed by atoms with Crippen LogP contribution in [0, 0.1) is 0 Å². The van der Waals surface area contributed by atoms with E-state index in [4.69, 9.17) is 4.74 Å². The molecule has 0 amide bonds. The molecule has 15 heavy (non-hydrogen) atoms. The zero-order chi connectivity index (χ0) is 10.1. The molecule has 0 unspecified atom stereocenters. The van der Waals surface area contributed by atoms with Gasteiger partial charge in [0, 0.05) is 5.56 Å². The van der Waals surface area contributed by atoms with Gasteiger partial charge in [0.05, 0.1) is 0 Å². The number of benzene rings is 2. The smallest absolute Gasteiger partial charge is 0.177 e. The summed E-state index contributed by atoms with van der Waals surface area (Å²) in [6.07, 6.45) is 4.18. The van der Waals surface area contributed by atoms with Crippen molar-refractivity contribution in [3.8, 4) is 11.5 Å². The van der Waals surface area contributed by atoms with Crippen molar-refractivity contribution in [1.82, 2.24) is 0 Å². The minimum atomic E-state index is 1.00. The van der Waals surface area contributed by atoms with Crippen LogP contribution in [0.2, 0.25) is 0 Å². The van der Waals surface area contributed by atoms with Crippen LogP contribution in [-0.2, 0) is 0 Å². The highest BCUT2D eigenvalue weighted by atomic mass is 16.6. The van der Waals surface area contributed by atoms with E-state index >= 15 is 0 Å². The number of ether oxygens (including phenoxy) is 1. The molecule has 1 aliphatic heterocycles. The summed E-state index contributed by atoms with van der Waals surface area (Å²) in [6.45, 7) is 0. The second kappa shape index (κ2) is 3.28. The van der Waals surface area contributed by atoms with E-state index in [1.54, 1.807) is 0 Å². The largest absolute Gasteiger partial charge is 0.449 e. The first-order valence-corrected chi connectivity index (χ1v) is 4.97. The van der Waals surface area contributed by atoms with Gasteiger partial charge in [-0.3, -0.25) is 0 Å². The van der Waals surface area contributed by atoms with Crippen LogP contribution in [0.3, 0.4) is 0 Å². The maximum atomic E-state index is 5.31. The zero-order valence-corrected chi connectivity index (χ0v) is 8.18. The van der Waals surface area contributed by atoms with Crippen molar-refractivity contribution in [3.05, 3.63) is 59.7 Å². The Labute approximate surface area is 88.6 Å². The average molecular weight is 194 g/mol.